The molecule has 0 aliphatic rings. The molecule has 0 aliphatic carbocycles. The first-order valence-electron chi connectivity index (χ1n) is 6.34. The maximum absolute atomic E-state index is 13.6. The van der Waals surface area contributed by atoms with Gasteiger partial charge in [0.2, 0.25) is 0 Å². The van der Waals surface area contributed by atoms with Crippen LogP contribution in [0, 0.1) is 5.82 Å². The molecule has 114 valence electrons. The van der Waals surface area contributed by atoms with E-state index in [1.807, 2.05) is 0 Å². The Morgan fingerprint density at radius 3 is 2.45 bits per heavy atom. The normalized spacial score (nSPS) is 10.1. The molecule has 2 aromatic rings. The molecule has 0 radical (unpaired) electrons. The van der Waals surface area contributed by atoms with Crippen molar-refractivity contribution < 1.29 is 14.0 Å². The van der Waals surface area contributed by atoms with Gasteiger partial charge >= 0.3 is 6.03 Å². The summed E-state index contributed by atoms with van der Waals surface area (Å²) in [6.45, 7) is 0.238. The highest BCUT2D eigenvalue weighted by atomic mass is 79.9. The molecule has 0 saturated carbocycles. The standard InChI is InChI=1S/C15H13BrFN3O2/c16-10-3-6-13(17)12(7-10)14(21)19-8-9-1-4-11(5-2-9)20-15(18)22/h1-7H,8H2,(H,19,21)(H3,18,20,22). The molecule has 4 N–H and O–H groups in total. The number of urea groups is 1. The fraction of sp³-hybridized carbons (Fsp3) is 0.0667. The van der Waals surface area contributed by atoms with Crippen molar-refractivity contribution in [1.29, 1.82) is 0 Å². The van der Waals surface area contributed by atoms with Crippen LogP contribution >= 0.6 is 15.9 Å². The Morgan fingerprint density at radius 1 is 1.14 bits per heavy atom. The van der Waals surface area contributed by atoms with E-state index in [0.717, 1.165) is 5.56 Å². The highest BCUT2D eigenvalue weighted by Gasteiger charge is 2.11. The molecule has 0 saturated heterocycles. The molecule has 0 unspecified atom stereocenters. The molecule has 0 spiro atoms. The maximum atomic E-state index is 13.6. The first kappa shape index (κ1) is 16.0. The zero-order valence-corrected chi connectivity index (χ0v) is 13.0. The smallest absolute Gasteiger partial charge is 0.316 e. The molecule has 0 aliphatic heterocycles. The Bertz CT molecular complexity index is 704. The molecule has 22 heavy (non-hydrogen) atoms. The Balaban J connectivity index is 1.99. The quantitative estimate of drug-likeness (QED) is 0.777. The summed E-state index contributed by atoms with van der Waals surface area (Å²) < 4.78 is 14.2. The molecule has 5 nitrogen and oxygen atoms in total. The van der Waals surface area contributed by atoms with Gasteiger partial charge in [-0.25, -0.2) is 9.18 Å². The summed E-state index contributed by atoms with van der Waals surface area (Å²) in [5.41, 5.74) is 6.34. The number of halogens is 2. The van der Waals surface area contributed by atoms with E-state index < -0.39 is 17.8 Å². The van der Waals surface area contributed by atoms with Gasteiger partial charge in [-0.3, -0.25) is 4.79 Å². The number of hydrogen-bond acceptors (Lipinski definition) is 2. The third kappa shape index (κ3) is 4.29. The lowest BCUT2D eigenvalue weighted by Crippen LogP contribution is -2.24. The predicted molar refractivity (Wildman–Crippen MR) is 84.9 cm³/mol. The highest BCUT2D eigenvalue weighted by molar-refractivity contribution is 9.10. The molecule has 0 fully saturated rings. The number of carbonyl (C=O) groups excluding carboxylic acids is 2. The molecule has 2 aromatic carbocycles. The van der Waals surface area contributed by atoms with E-state index in [1.54, 1.807) is 24.3 Å². The second-order valence-corrected chi connectivity index (χ2v) is 5.41. The first-order chi connectivity index (χ1) is 10.5. The predicted octanol–water partition coefficient (Wildman–Crippen LogP) is 3.01. The summed E-state index contributed by atoms with van der Waals surface area (Å²) in [5.74, 6) is -1.08. The second kappa shape index (κ2) is 7.04. The van der Waals surface area contributed by atoms with Gasteiger partial charge in [-0.05, 0) is 35.9 Å². The number of anilines is 1. The number of primary amides is 1. The fourth-order valence-corrected chi connectivity index (χ4v) is 2.16. The second-order valence-electron chi connectivity index (χ2n) is 4.49. The average molecular weight is 366 g/mol. The van der Waals surface area contributed by atoms with E-state index in [0.29, 0.717) is 10.2 Å². The lowest BCUT2D eigenvalue weighted by atomic mass is 10.1. The Morgan fingerprint density at radius 2 is 1.82 bits per heavy atom. The number of nitrogens with one attached hydrogen (secondary N) is 2. The lowest BCUT2D eigenvalue weighted by Gasteiger charge is -2.08. The zero-order valence-electron chi connectivity index (χ0n) is 11.4. The molecule has 0 atom stereocenters. The van der Waals surface area contributed by atoms with E-state index in [4.69, 9.17) is 5.73 Å². The van der Waals surface area contributed by atoms with Crippen LogP contribution in [0.5, 0.6) is 0 Å². The number of carbonyl (C=O) groups is 2. The van der Waals surface area contributed by atoms with Crippen LogP contribution in [0.25, 0.3) is 0 Å². The van der Waals surface area contributed by atoms with Gasteiger partial charge in [-0.1, -0.05) is 28.1 Å². The summed E-state index contributed by atoms with van der Waals surface area (Å²) in [6, 6.07) is 10.3. The topological polar surface area (TPSA) is 84.2 Å². The van der Waals surface area contributed by atoms with Crippen LogP contribution in [0.1, 0.15) is 15.9 Å². The Kier molecular flexibility index (Phi) is 5.11. The van der Waals surface area contributed by atoms with E-state index >= 15 is 0 Å². The zero-order chi connectivity index (χ0) is 16.1. The minimum Gasteiger partial charge on any atom is -0.351 e. The van der Waals surface area contributed by atoms with Gasteiger partial charge in [0.15, 0.2) is 0 Å². The monoisotopic (exact) mass is 365 g/mol. The van der Waals surface area contributed by atoms with Crippen LogP contribution in [0.3, 0.4) is 0 Å². The molecular weight excluding hydrogens is 353 g/mol. The number of nitrogens with two attached hydrogens (primary N) is 1. The summed E-state index contributed by atoms with van der Waals surface area (Å²) in [7, 11) is 0. The number of rotatable bonds is 4. The van der Waals surface area contributed by atoms with Gasteiger partial charge < -0.3 is 16.4 Å². The van der Waals surface area contributed by atoms with Crippen LogP contribution in [0.15, 0.2) is 46.9 Å². The van der Waals surface area contributed by atoms with Crippen molar-refractivity contribution >= 4 is 33.6 Å². The molecule has 7 heteroatoms. The molecule has 2 rings (SSSR count). The van der Waals surface area contributed by atoms with Crippen LogP contribution in [-0.2, 0) is 6.54 Å². The van der Waals surface area contributed by atoms with E-state index in [9.17, 15) is 14.0 Å². The number of benzene rings is 2. The average Bonchev–Trinajstić information content (AvgIpc) is 2.48. The van der Waals surface area contributed by atoms with Crippen LogP contribution in [-0.4, -0.2) is 11.9 Å². The lowest BCUT2D eigenvalue weighted by molar-refractivity contribution is 0.0947. The summed E-state index contributed by atoms with van der Waals surface area (Å²) in [5, 5.41) is 5.06. The van der Waals surface area contributed by atoms with E-state index in [2.05, 4.69) is 26.6 Å². The third-order valence-corrected chi connectivity index (χ3v) is 3.34. The van der Waals surface area contributed by atoms with Crippen molar-refractivity contribution in [1.82, 2.24) is 5.32 Å². The van der Waals surface area contributed by atoms with Crippen molar-refractivity contribution in [2.45, 2.75) is 6.54 Å². The van der Waals surface area contributed by atoms with E-state index in [1.165, 1.54) is 18.2 Å². The SMILES string of the molecule is NC(=O)Nc1ccc(CNC(=O)c2cc(Br)ccc2F)cc1. The third-order valence-electron chi connectivity index (χ3n) is 2.85. The molecule has 3 amide bonds. The van der Waals surface area contributed by atoms with Crippen molar-refractivity contribution in [3.05, 3.63) is 63.9 Å². The van der Waals surface area contributed by atoms with Gasteiger partial charge in [0, 0.05) is 16.7 Å². The van der Waals surface area contributed by atoms with Gasteiger partial charge in [0.25, 0.3) is 5.91 Å². The molecule has 0 aromatic heterocycles. The van der Waals surface area contributed by atoms with Crippen molar-refractivity contribution in [3.8, 4) is 0 Å². The fourth-order valence-electron chi connectivity index (χ4n) is 1.80. The van der Waals surface area contributed by atoms with Gasteiger partial charge in [0.1, 0.15) is 5.82 Å². The van der Waals surface area contributed by atoms with Crippen LogP contribution < -0.4 is 16.4 Å². The first-order valence-corrected chi connectivity index (χ1v) is 7.13. The van der Waals surface area contributed by atoms with Gasteiger partial charge in [-0.2, -0.15) is 0 Å². The van der Waals surface area contributed by atoms with E-state index in [-0.39, 0.29) is 12.1 Å². The van der Waals surface area contributed by atoms with Gasteiger partial charge in [0.05, 0.1) is 5.56 Å². The summed E-state index contributed by atoms with van der Waals surface area (Å²) in [6.07, 6.45) is 0. The van der Waals surface area contributed by atoms with Gasteiger partial charge in [-0.15, -0.1) is 0 Å². The molecule has 0 bridgehead atoms. The largest absolute Gasteiger partial charge is 0.351 e. The van der Waals surface area contributed by atoms with Crippen LogP contribution in [0.2, 0.25) is 0 Å². The maximum Gasteiger partial charge on any atom is 0.316 e. The number of amides is 3. The Labute approximate surface area is 134 Å². The van der Waals surface area contributed by atoms with Crippen LogP contribution in [0.4, 0.5) is 14.9 Å². The summed E-state index contributed by atoms with van der Waals surface area (Å²) in [4.78, 5) is 22.7. The number of hydrogen-bond donors (Lipinski definition) is 3. The van der Waals surface area contributed by atoms with Crippen molar-refractivity contribution in [3.63, 3.8) is 0 Å². The minimum atomic E-state index is -0.647. The Hall–Kier alpha value is -2.41. The minimum absolute atomic E-state index is 0.0265. The molecular formula is C15H13BrFN3O2. The summed E-state index contributed by atoms with van der Waals surface area (Å²) >= 11 is 3.20. The molecule has 0 heterocycles. The highest BCUT2D eigenvalue weighted by Crippen LogP contribution is 2.16. The van der Waals surface area contributed by atoms with Crippen molar-refractivity contribution in [2.24, 2.45) is 5.73 Å². The van der Waals surface area contributed by atoms with Crippen molar-refractivity contribution in [2.75, 3.05) is 5.32 Å².